The first-order chi connectivity index (χ1) is 10.9. The molecule has 2 atom stereocenters. The molecule has 128 valence electrons. The molecule has 0 aliphatic carbocycles. The van der Waals surface area contributed by atoms with Crippen LogP contribution in [-0.4, -0.2) is 44.3 Å². The number of rotatable bonds is 8. The number of halogens is 2. The van der Waals surface area contributed by atoms with Crippen LogP contribution >= 0.6 is 23.2 Å². The molecular formula is C15H20Cl2N2O4. The molecule has 0 saturated carbocycles. The maximum Gasteiger partial charge on any atom is 0.328 e. The summed E-state index contributed by atoms with van der Waals surface area (Å²) in [7, 11) is 1.43. The zero-order valence-corrected chi connectivity index (χ0v) is 14.5. The molecule has 0 radical (unpaired) electrons. The Morgan fingerprint density at radius 3 is 2.39 bits per heavy atom. The van der Waals surface area contributed by atoms with Crippen LogP contribution in [0.4, 0.5) is 0 Å². The van der Waals surface area contributed by atoms with Crippen LogP contribution in [0.25, 0.3) is 0 Å². The van der Waals surface area contributed by atoms with Crippen LogP contribution in [0.1, 0.15) is 12.5 Å². The monoisotopic (exact) mass is 362 g/mol. The summed E-state index contributed by atoms with van der Waals surface area (Å²) in [6, 6.07) is 3.15. The van der Waals surface area contributed by atoms with Crippen LogP contribution < -0.4 is 11.1 Å². The second-order valence-corrected chi connectivity index (χ2v) is 5.73. The summed E-state index contributed by atoms with van der Waals surface area (Å²) in [5.41, 5.74) is 6.36. The second-order valence-electron chi connectivity index (χ2n) is 4.86. The predicted octanol–water partition coefficient (Wildman–Crippen LogP) is 1.56. The molecule has 0 saturated heterocycles. The Labute approximate surface area is 145 Å². The van der Waals surface area contributed by atoms with Crippen molar-refractivity contribution < 1.29 is 19.1 Å². The molecule has 0 spiro atoms. The summed E-state index contributed by atoms with van der Waals surface area (Å²) in [6.45, 7) is 1.93. The minimum absolute atomic E-state index is 0.0460. The zero-order valence-electron chi connectivity index (χ0n) is 13.0. The molecule has 8 heteroatoms. The number of nitrogens with one attached hydrogen (secondary N) is 1. The van der Waals surface area contributed by atoms with Crippen molar-refractivity contribution in [2.24, 2.45) is 5.73 Å². The summed E-state index contributed by atoms with van der Waals surface area (Å²) in [6.07, 6.45) is 0.185. The van der Waals surface area contributed by atoms with Gasteiger partial charge in [0.1, 0.15) is 12.1 Å². The average molecular weight is 363 g/mol. The van der Waals surface area contributed by atoms with Crippen molar-refractivity contribution in [3.63, 3.8) is 0 Å². The first-order valence-electron chi connectivity index (χ1n) is 7.03. The standard InChI is InChI=1S/C15H20Cl2N2O4/c1-3-23-15(21)13(19-14(20)12(18)8-22-2)6-9-4-10(16)7-11(17)5-9/h4-5,7,12-13H,3,6,8,18H2,1-2H3,(H,19,20). The lowest BCUT2D eigenvalue weighted by molar-refractivity contribution is -0.147. The van der Waals surface area contributed by atoms with Crippen molar-refractivity contribution >= 4 is 35.1 Å². The quantitative estimate of drug-likeness (QED) is 0.684. The summed E-state index contributed by atoms with van der Waals surface area (Å²) in [5, 5.41) is 3.45. The van der Waals surface area contributed by atoms with Gasteiger partial charge in [0.05, 0.1) is 13.2 Å². The first-order valence-corrected chi connectivity index (χ1v) is 7.79. The molecule has 0 aromatic heterocycles. The van der Waals surface area contributed by atoms with E-state index in [-0.39, 0.29) is 19.6 Å². The van der Waals surface area contributed by atoms with Crippen LogP contribution in [0.2, 0.25) is 10.0 Å². The number of hydrogen-bond donors (Lipinski definition) is 2. The van der Waals surface area contributed by atoms with E-state index in [9.17, 15) is 9.59 Å². The summed E-state index contributed by atoms with van der Waals surface area (Å²) < 4.78 is 9.81. The summed E-state index contributed by atoms with van der Waals surface area (Å²) in [4.78, 5) is 24.1. The van der Waals surface area contributed by atoms with Crippen LogP contribution in [0, 0.1) is 0 Å². The van der Waals surface area contributed by atoms with Crippen molar-refractivity contribution in [2.45, 2.75) is 25.4 Å². The van der Waals surface area contributed by atoms with Gasteiger partial charge in [-0.15, -0.1) is 0 Å². The van der Waals surface area contributed by atoms with Crippen LogP contribution in [0.3, 0.4) is 0 Å². The van der Waals surface area contributed by atoms with E-state index in [1.165, 1.54) is 7.11 Å². The molecule has 2 unspecified atom stereocenters. The predicted molar refractivity (Wildman–Crippen MR) is 88.6 cm³/mol. The lowest BCUT2D eigenvalue weighted by Gasteiger charge is -2.20. The lowest BCUT2D eigenvalue weighted by Crippen LogP contribution is -2.51. The fourth-order valence-corrected chi connectivity index (χ4v) is 2.51. The van der Waals surface area contributed by atoms with Gasteiger partial charge in [0, 0.05) is 23.6 Å². The normalized spacial score (nSPS) is 13.3. The van der Waals surface area contributed by atoms with Crippen molar-refractivity contribution in [3.05, 3.63) is 33.8 Å². The van der Waals surface area contributed by atoms with Crippen LogP contribution in [0.5, 0.6) is 0 Å². The number of amides is 1. The third kappa shape index (κ3) is 6.74. The van der Waals surface area contributed by atoms with Gasteiger partial charge in [-0.1, -0.05) is 23.2 Å². The average Bonchev–Trinajstić information content (AvgIpc) is 2.45. The Morgan fingerprint density at radius 1 is 1.26 bits per heavy atom. The van der Waals surface area contributed by atoms with E-state index in [2.05, 4.69) is 5.32 Å². The number of methoxy groups -OCH3 is 1. The molecule has 1 aromatic carbocycles. The molecular weight excluding hydrogens is 343 g/mol. The topological polar surface area (TPSA) is 90.7 Å². The van der Waals surface area contributed by atoms with E-state index in [0.717, 1.165) is 0 Å². The van der Waals surface area contributed by atoms with Crippen molar-refractivity contribution in [3.8, 4) is 0 Å². The zero-order chi connectivity index (χ0) is 17.4. The Morgan fingerprint density at radius 2 is 1.87 bits per heavy atom. The number of carbonyl (C=O) groups is 2. The van der Waals surface area contributed by atoms with Gasteiger partial charge in [0.15, 0.2) is 0 Å². The van der Waals surface area contributed by atoms with Gasteiger partial charge in [0.2, 0.25) is 5.91 Å². The van der Waals surface area contributed by atoms with Gasteiger partial charge < -0.3 is 20.5 Å². The van der Waals surface area contributed by atoms with Crippen molar-refractivity contribution in [2.75, 3.05) is 20.3 Å². The SMILES string of the molecule is CCOC(=O)C(Cc1cc(Cl)cc(Cl)c1)NC(=O)C(N)COC. The molecule has 1 amide bonds. The highest BCUT2D eigenvalue weighted by Gasteiger charge is 2.25. The molecule has 6 nitrogen and oxygen atoms in total. The van der Waals surface area contributed by atoms with Gasteiger partial charge in [-0.2, -0.15) is 0 Å². The third-order valence-electron chi connectivity index (χ3n) is 2.93. The number of nitrogens with two attached hydrogens (primary N) is 1. The van der Waals surface area contributed by atoms with Crippen LogP contribution in [0.15, 0.2) is 18.2 Å². The maximum atomic E-state index is 12.1. The van der Waals surface area contributed by atoms with Gasteiger partial charge in [0.25, 0.3) is 0 Å². The molecule has 0 bridgehead atoms. The highest BCUT2D eigenvalue weighted by molar-refractivity contribution is 6.34. The second kappa shape index (κ2) is 9.72. The minimum Gasteiger partial charge on any atom is -0.464 e. The number of carbonyl (C=O) groups excluding carboxylic acids is 2. The Hall–Kier alpha value is -1.34. The largest absolute Gasteiger partial charge is 0.464 e. The summed E-state index contributed by atoms with van der Waals surface area (Å²) in [5.74, 6) is -1.06. The fraction of sp³-hybridized carbons (Fsp3) is 0.467. The number of hydrogen-bond acceptors (Lipinski definition) is 5. The molecule has 0 heterocycles. The van der Waals surface area contributed by atoms with E-state index in [4.69, 9.17) is 38.4 Å². The molecule has 0 aliphatic heterocycles. The molecule has 3 N–H and O–H groups in total. The van der Waals surface area contributed by atoms with E-state index >= 15 is 0 Å². The van der Waals surface area contributed by atoms with Gasteiger partial charge >= 0.3 is 5.97 Å². The molecule has 0 fully saturated rings. The van der Waals surface area contributed by atoms with E-state index in [1.807, 2.05) is 0 Å². The first kappa shape index (κ1) is 19.7. The lowest BCUT2D eigenvalue weighted by atomic mass is 10.1. The minimum atomic E-state index is -0.889. The van der Waals surface area contributed by atoms with Gasteiger partial charge in [-0.25, -0.2) is 4.79 Å². The van der Waals surface area contributed by atoms with Crippen molar-refractivity contribution in [1.82, 2.24) is 5.32 Å². The maximum absolute atomic E-state index is 12.1. The number of esters is 1. The highest BCUT2D eigenvalue weighted by Crippen LogP contribution is 2.20. The molecule has 23 heavy (non-hydrogen) atoms. The molecule has 0 aliphatic rings. The summed E-state index contributed by atoms with van der Waals surface area (Å²) >= 11 is 11.9. The number of ether oxygens (including phenoxy) is 2. The van der Waals surface area contributed by atoms with E-state index < -0.39 is 24.0 Å². The molecule has 1 aromatic rings. The highest BCUT2D eigenvalue weighted by atomic mass is 35.5. The fourth-order valence-electron chi connectivity index (χ4n) is 1.93. The smallest absolute Gasteiger partial charge is 0.328 e. The van der Waals surface area contributed by atoms with Crippen LogP contribution in [-0.2, 0) is 25.5 Å². The van der Waals surface area contributed by atoms with Gasteiger partial charge in [-0.05, 0) is 30.7 Å². The Balaban J connectivity index is 2.87. The Bertz CT molecular complexity index is 534. The van der Waals surface area contributed by atoms with E-state index in [0.29, 0.717) is 15.6 Å². The molecule has 1 rings (SSSR count). The van der Waals surface area contributed by atoms with Gasteiger partial charge in [-0.3, -0.25) is 4.79 Å². The third-order valence-corrected chi connectivity index (χ3v) is 3.37. The van der Waals surface area contributed by atoms with Crippen molar-refractivity contribution in [1.29, 1.82) is 0 Å². The van der Waals surface area contributed by atoms with E-state index in [1.54, 1.807) is 25.1 Å². The Kier molecular flexibility index (Phi) is 8.33. The number of benzene rings is 1.